The summed E-state index contributed by atoms with van der Waals surface area (Å²) in [5, 5.41) is 0. The number of rotatable bonds is 2. The number of hydrogen-bond donors (Lipinski definition) is 0. The van der Waals surface area contributed by atoms with Gasteiger partial charge in [-0.2, -0.15) is 0 Å². The predicted molar refractivity (Wildman–Crippen MR) is 70.5 cm³/mol. The van der Waals surface area contributed by atoms with E-state index in [9.17, 15) is 4.79 Å². The van der Waals surface area contributed by atoms with Crippen LogP contribution in [0.1, 0.15) is 19.4 Å². The van der Waals surface area contributed by atoms with Gasteiger partial charge in [0.25, 0.3) is 0 Å². The van der Waals surface area contributed by atoms with Crippen LogP contribution in [0.4, 0.5) is 0 Å². The number of carbonyl (C=O) groups excluding carboxylic acids is 1. The molecule has 0 saturated heterocycles. The molecule has 0 radical (unpaired) electrons. The molecule has 4 heteroatoms. The average molecular weight is 294 g/mol. The fourth-order valence-corrected chi connectivity index (χ4v) is 1.81. The highest BCUT2D eigenvalue weighted by atomic mass is 79.9. The molecule has 1 aliphatic rings. The van der Waals surface area contributed by atoms with Crippen LogP contribution in [0.15, 0.2) is 39.4 Å². The van der Waals surface area contributed by atoms with Crippen LogP contribution in [0.25, 0.3) is 6.08 Å². The van der Waals surface area contributed by atoms with Gasteiger partial charge in [0, 0.05) is 10.4 Å². The molecule has 0 spiro atoms. The Kier molecular flexibility index (Phi) is 3.43. The highest BCUT2D eigenvalue weighted by molar-refractivity contribution is 9.10. The van der Waals surface area contributed by atoms with Crippen molar-refractivity contribution < 1.29 is 9.53 Å². The maximum absolute atomic E-state index is 11.6. The van der Waals surface area contributed by atoms with E-state index >= 15 is 0 Å². The maximum Gasteiger partial charge on any atom is 0.363 e. The number of nitrogens with zero attached hydrogens (tertiary/aromatic N) is 1. The van der Waals surface area contributed by atoms with E-state index in [1.54, 1.807) is 6.08 Å². The molecule has 1 heterocycles. The number of esters is 1. The topological polar surface area (TPSA) is 38.7 Å². The van der Waals surface area contributed by atoms with E-state index in [1.807, 2.05) is 38.1 Å². The molecule has 17 heavy (non-hydrogen) atoms. The molecule has 0 unspecified atom stereocenters. The average Bonchev–Trinajstić information content (AvgIpc) is 2.64. The van der Waals surface area contributed by atoms with Gasteiger partial charge < -0.3 is 4.74 Å². The molecule has 0 amide bonds. The molecule has 0 aliphatic carbocycles. The smallest absolute Gasteiger partial charge is 0.363 e. The molecule has 2 rings (SSSR count). The minimum atomic E-state index is -0.385. The van der Waals surface area contributed by atoms with E-state index in [0.717, 1.165) is 10.0 Å². The minimum Gasteiger partial charge on any atom is -0.407 e. The van der Waals surface area contributed by atoms with Crippen molar-refractivity contribution in [2.24, 2.45) is 10.9 Å². The van der Waals surface area contributed by atoms with Crippen LogP contribution in [0.2, 0.25) is 0 Å². The van der Waals surface area contributed by atoms with Crippen molar-refractivity contribution >= 4 is 33.9 Å². The summed E-state index contributed by atoms with van der Waals surface area (Å²) in [6.45, 7) is 3.88. The second-order valence-corrected chi connectivity index (χ2v) is 4.90. The molecule has 1 aromatic carbocycles. The second kappa shape index (κ2) is 4.84. The van der Waals surface area contributed by atoms with Gasteiger partial charge in [-0.15, -0.1) is 0 Å². The van der Waals surface area contributed by atoms with Crippen LogP contribution in [0.5, 0.6) is 0 Å². The summed E-state index contributed by atoms with van der Waals surface area (Å²) in [5.74, 6) is 0.210. The van der Waals surface area contributed by atoms with Crippen molar-refractivity contribution in [3.8, 4) is 0 Å². The van der Waals surface area contributed by atoms with Gasteiger partial charge in [-0.1, -0.05) is 48.0 Å². The molecule has 1 aromatic rings. The number of carbonyl (C=O) groups is 1. The monoisotopic (exact) mass is 293 g/mol. The van der Waals surface area contributed by atoms with Gasteiger partial charge in [0.2, 0.25) is 5.90 Å². The Bertz CT molecular complexity index is 518. The Morgan fingerprint density at radius 1 is 1.35 bits per heavy atom. The zero-order valence-corrected chi connectivity index (χ0v) is 11.2. The predicted octanol–water partition coefficient (Wildman–Crippen LogP) is 3.40. The Balaban J connectivity index is 2.35. The summed E-state index contributed by atoms with van der Waals surface area (Å²) >= 11 is 3.42. The maximum atomic E-state index is 11.6. The molecule has 0 N–H and O–H groups in total. The first kappa shape index (κ1) is 12.0. The second-order valence-electron chi connectivity index (χ2n) is 4.05. The highest BCUT2D eigenvalue weighted by Gasteiger charge is 2.24. The summed E-state index contributed by atoms with van der Waals surface area (Å²) in [5.41, 5.74) is 1.26. The fraction of sp³-hybridized carbons (Fsp3) is 0.231. The van der Waals surface area contributed by atoms with Crippen molar-refractivity contribution in [1.29, 1.82) is 0 Å². The normalized spacial score (nSPS) is 17.5. The van der Waals surface area contributed by atoms with Crippen molar-refractivity contribution in [3.63, 3.8) is 0 Å². The number of cyclic esters (lactones) is 1. The summed E-state index contributed by atoms with van der Waals surface area (Å²) in [6.07, 6.45) is 1.72. The van der Waals surface area contributed by atoms with Gasteiger partial charge in [-0.3, -0.25) is 0 Å². The Labute approximate surface area is 108 Å². The third kappa shape index (κ3) is 2.64. The van der Waals surface area contributed by atoms with Gasteiger partial charge in [0.1, 0.15) is 0 Å². The molecule has 0 bridgehead atoms. The van der Waals surface area contributed by atoms with Crippen molar-refractivity contribution in [2.75, 3.05) is 0 Å². The van der Waals surface area contributed by atoms with E-state index in [-0.39, 0.29) is 11.9 Å². The number of halogens is 1. The fourth-order valence-electron chi connectivity index (χ4n) is 1.41. The van der Waals surface area contributed by atoms with Gasteiger partial charge in [-0.25, -0.2) is 9.79 Å². The molecule has 3 nitrogen and oxygen atoms in total. The highest BCUT2D eigenvalue weighted by Crippen LogP contribution is 2.23. The molecule has 1 aliphatic heterocycles. The van der Waals surface area contributed by atoms with Crippen molar-refractivity contribution in [2.45, 2.75) is 13.8 Å². The Hall–Kier alpha value is -1.42. The minimum absolute atomic E-state index is 0.115. The van der Waals surface area contributed by atoms with Crippen LogP contribution in [0, 0.1) is 5.92 Å². The third-order valence-electron chi connectivity index (χ3n) is 2.33. The largest absolute Gasteiger partial charge is 0.407 e. The molecular weight excluding hydrogens is 282 g/mol. The number of aliphatic imine (C=N–C) groups is 1. The lowest BCUT2D eigenvalue weighted by atomic mass is 10.2. The molecule has 88 valence electrons. The molecule has 0 fully saturated rings. The number of hydrogen-bond acceptors (Lipinski definition) is 3. The van der Waals surface area contributed by atoms with Crippen LogP contribution >= 0.6 is 15.9 Å². The first-order chi connectivity index (χ1) is 8.08. The van der Waals surface area contributed by atoms with Gasteiger partial charge in [0.05, 0.1) is 0 Å². The molecule has 0 atom stereocenters. The molecule has 0 aromatic heterocycles. The van der Waals surface area contributed by atoms with Crippen molar-refractivity contribution in [3.05, 3.63) is 40.0 Å². The van der Waals surface area contributed by atoms with Gasteiger partial charge in [0.15, 0.2) is 5.70 Å². The van der Waals surface area contributed by atoms with E-state index in [2.05, 4.69) is 20.9 Å². The first-order valence-corrected chi connectivity index (χ1v) is 6.14. The zero-order chi connectivity index (χ0) is 12.4. The van der Waals surface area contributed by atoms with Crippen LogP contribution < -0.4 is 0 Å². The van der Waals surface area contributed by atoms with Crippen molar-refractivity contribution in [1.82, 2.24) is 0 Å². The Morgan fingerprint density at radius 3 is 2.65 bits per heavy atom. The summed E-state index contributed by atoms with van der Waals surface area (Å²) < 4.78 is 6.00. The summed E-state index contributed by atoms with van der Waals surface area (Å²) in [6, 6.07) is 7.65. The van der Waals surface area contributed by atoms with Crippen LogP contribution in [-0.4, -0.2) is 11.9 Å². The van der Waals surface area contributed by atoms with E-state index in [1.165, 1.54) is 0 Å². The summed E-state index contributed by atoms with van der Waals surface area (Å²) in [4.78, 5) is 15.8. The molecular formula is C13H12BrNO2. The first-order valence-electron chi connectivity index (χ1n) is 5.35. The number of ether oxygens (including phenoxy) is 1. The van der Waals surface area contributed by atoms with E-state index in [0.29, 0.717) is 11.6 Å². The molecule has 0 saturated carbocycles. The SMILES string of the molecule is CC(C)C1=N/C(=C\c2ccccc2Br)C(=O)O1. The third-order valence-corrected chi connectivity index (χ3v) is 3.05. The lowest BCUT2D eigenvalue weighted by molar-refractivity contribution is -0.130. The lowest BCUT2D eigenvalue weighted by Crippen LogP contribution is -2.09. The van der Waals surface area contributed by atoms with Gasteiger partial charge in [-0.05, 0) is 17.7 Å². The summed E-state index contributed by atoms with van der Waals surface area (Å²) in [7, 11) is 0. The standard InChI is InChI=1S/C13H12BrNO2/c1-8(2)12-15-11(13(16)17-12)7-9-5-3-4-6-10(9)14/h3-8H,1-2H3/b11-7-. The zero-order valence-electron chi connectivity index (χ0n) is 9.61. The van der Waals surface area contributed by atoms with E-state index in [4.69, 9.17) is 4.74 Å². The van der Waals surface area contributed by atoms with Crippen LogP contribution in [-0.2, 0) is 9.53 Å². The quantitative estimate of drug-likeness (QED) is 0.619. The Morgan fingerprint density at radius 2 is 2.06 bits per heavy atom. The lowest BCUT2D eigenvalue weighted by Gasteiger charge is -1.99. The van der Waals surface area contributed by atoms with E-state index < -0.39 is 0 Å². The van der Waals surface area contributed by atoms with Crippen LogP contribution in [0.3, 0.4) is 0 Å². The van der Waals surface area contributed by atoms with Gasteiger partial charge >= 0.3 is 5.97 Å². The number of benzene rings is 1.